The van der Waals surface area contributed by atoms with Crippen molar-refractivity contribution in [1.29, 1.82) is 0 Å². The van der Waals surface area contributed by atoms with Crippen molar-refractivity contribution in [1.82, 2.24) is 10.2 Å². The van der Waals surface area contributed by atoms with Crippen LogP contribution in [-0.2, 0) is 15.7 Å². The number of hydrogen-bond donors (Lipinski definition) is 1. The minimum absolute atomic E-state index is 0.110. The zero-order valence-electron chi connectivity index (χ0n) is 12.8. The number of halogens is 3. The third-order valence-corrected chi connectivity index (χ3v) is 4.26. The molecule has 1 aliphatic carbocycles. The van der Waals surface area contributed by atoms with Crippen molar-refractivity contribution in [2.45, 2.75) is 31.0 Å². The number of benzene rings is 1. The lowest BCUT2D eigenvalue weighted by Gasteiger charge is -2.13. The number of ether oxygens (including phenoxy) is 1. The maximum Gasteiger partial charge on any atom is 0.416 e. The largest absolute Gasteiger partial charge is 0.448 e. The number of hydrogen-bond acceptors (Lipinski definition) is 3. The van der Waals surface area contributed by atoms with E-state index in [0.29, 0.717) is 19.6 Å². The molecule has 0 unspecified atom stereocenters. The first kappa shape index (κ1) is 16.6. The number of rotatable bonds is 5. The van der Waals surface area contributed by atoms with Gasteiger partial charge in [0.2, 0.25) is 5.91 Å². The first-order valence-corrected chi connectivity index (χ1v) is 7.73. The van der Waals surface area contributed by atoms with Gasteiger partial charge in [-0.3, -0.25) is 4.79 Å². The first-order valence-electron chi connectivity index (χ1n) is 7.73. The Bertz CT molecular complexity index is 648. The summed E-state index contributed by atoms with van der Waals surface area (Å²) in [6, 6.07) is 5.16. The lowest BCUT2D eigenvalue weighted by molar-refractivity contribution is -0.138. The molecule has 2 atom stereocenters. The molecule has 1 saturated carbocycles. The Kier molecular flexibility index (Phi) is 4.38. The molecule has 1 aromatic carbocycles. The molecular formula is C16H17F3N2O3. The molecule has 130 valence electrons. The van der Waals surface area contributed by atoms with Crippen LogP contribution in [0.1, 0.15) is 29.9 Å². The summed E-state index contributed by atoms with van der Waals surface area (Å²) in [5, 5.41) is 2.73. The number of nitrogens with zero attached hydrogens (tertiary/aromatic N) is 1. The van der Waals surface area contributed by atoms with E-state index in [4.69, 9.17) is 4.74 Å². The second-order valence-electron chi connectivity index (χ2n) is 5.95. The van der Waals surface area contributed by atoms with Gasteiger partial charge in [-0.1, -0.05) is 18.2 Å². The molecule has 0 radical (unpaired) electrons. The summed E-state index contributed by atoms with van der Waals surface area (Å²) in [7, 11) is 0. The fraction of sp³-hybridized carbons (Fsp3) is 0.500. The zero-order chi connectivity index (χ0) is 17.3. The summed E-state index contributed by atoms with van der Waals surface area (Å²) < 4.78 is 43.8. The third-order valence-electron chi connectivity index (χ3n) is 4.26. The fourth-order valence-electron chi connectivity index (χ4n) is 2.92. The Hall–Kier alpha value is -2.25. The van der Waals surface area contributed by atoms with Crippen molar-refractivity contribution in [3.8, 4) is 0 Å². The molecule has 2 aliphatic rings. The standard InChI is InChI=1S/C16H17F3N2O3/c17-16(18,19)12-4-2-1-3-10(12)11-9-13(11)20-14(22)5-6-21-7-8-24-15(21)23/h1-4,11,13H,5-9H2,(H,20,22)/t11-,13-/m0/s1. The molecule has 1 aromatic rings. The number of carbonyl (C=O) groups is 2. The molecule has 0 spiro atoms. The summed E-state index contributed by atoms with van der Waals surface area (Å²) in [5.74, 6) is -0.588. The molecule has 24 heavy (non-hydrogen) atoms. The molecule has 2 amide bonds. The minimum Gasteiger partial charge on any atom is -0.448 e. The minimum atomic E-state index is -4.40. The molecule has 2 fully saturated rings. The van der Waals surface area contributed by atoms with Crippen LogP contribution >= 0.6 is 0 Å². The van der Waals surface area contributed by atoms with Crippen molar-refractivity contribution in [2.75, 3.05) is 19.7 Å². The zero-order valence-corrected chi connectivity index (χ0v) is 12.8. The van der Waals surface area contributed by atoms with Crippen molar-refractivity contribution in [3.63, 3.8) is 0 Å². The van der Waals surface area contributed by atoms with E-state index >= 15 is 0 Å². The summed E-state index contributed by atoms with van der Waals surface area (Å²) in [4.78, 5) is 24.6. The van der Waals surface area contributed by atoms with Gasteiger partial charge in [-0.2, -0.15) is 13.2 Å². The highest BCUT2D eigenvalue weighted by atomic mass is 19.4. The SMILES string of the molecule is O=C(CCN1CCOC1=O)N[C@H]1C[C@H]1c1ccccc1C(F)(F)F. The van der Waals surface area contributed by atoms with E-state index in [9.17, 15) is 22.8 Å². The van der Waals surface area contributed by atoms with Gasteiger partial charge in [0.15, 0.2) is 0 Å². The van der Waals surface area contributed by atoms with Crippen LogP contribution in [0.25, 0.3) is 0 Å². The third kappa shape index (κ3) is 3.63. The summed E-state index contributed by atoms with van der Waals surface area (Å²) in [5.41, 5.74) is -0.426. The number of amides is 2. The van der Waals surface area contributed by atoms with Gasteiger partial charge in [0.1, 0.15) is 6.61 Å². The quantitative estimate of drug-likeness (QED) is 0.895. The summed E-state index contributed by atoms with van der Waals surface area (Å²) in [6.45, 7) is 1.03. The average Bonchev–Trinajstić information content (AvgIpc) is 3.16. The maximum atomic E-state index is 13.0. The number of carbonyl (C=O) groups excluding carboxylic acids is 2. The number of nitrogens with one attached hydrogen (secondary N) is 1. The van der Waals surface area contributed by atoms with Crippen molar-refractivity contribution in [2.24, 2.45) is 0 Å². The molecule has 1 aliphatic heterocycles. The van der Waals surface area contributed by atoms with Gasteiger partial charge in [-0.15, -0.1) is 0 Å². The Balaban J connectivity index is 1.53. The first-order chi connectivity index (χ1) is 11.4. The van der Waals surface area contributed by atoms with Gasteiger partial charge in [0.05, 0.1) is 12.1 Å². The van der Waals surface area contributed by atoms with Gasteiger partial charge in [-0.05, 0) is 18.1 Å². The lowest BCUT2D eigenvalue weighted by Crippen LogP contribution is -2.32. The molecule has 1 saturated heterocycles. The molecule has 1 heterocycles. The van der Waals surface area contributed by atoms with E-state index in [2.05, 4.69) is 5.32 Å². The van der Waals surface area contributed by atoms with Gasteiger partial charge in [0.25, 0.3) is 0 Å². The van der Waals surface area contributed by atoms with Crippen molar-refractivity contribution in [3.05, 3.63) is 35.4 Å². The molecule has 3 rings (SSSR count). The van der Waals surface area contributed by atoms with Crippen LogP contribution in [0, 0.1) is 0 Å². The molecule has 0 aromatic heterocycles. The highest BCUT2D eigenvalue weighted by Gasteiger charge is 2.44. The maximum absolute atomic E-state index is 13.0. The van der Waals surface area contributed by atoms with Gasteiger partial charge < -0.3 is 15.0 Å². The topological polar surface area (TPSA) is 58.6 Å². The van der Waals surface area contributed by atoms with Gasteiger partial charge >= 0.3 is 12.3 Å². The monoisotopic (exact) mass is 342 g/mol. The van der Waals surface area contributed by atoms with Crippen LogP contribution in [0.2, 0.25) is 0 Å². The predicted molar refractivity (Wildman–Crippen MR) is 78.3 cm³/mol. The van der Waals surface area contributed by atoms with Crippen LogP contribution < -0.4 is 5.32 Å². The normalized spacial score (nSPS) is 23.1. The van der Waals surface area contributed by atoms with Crippen molar-refractivity contribution < 1.29 is 27.5 Å². The average molecular weight is 342 g/mol. The Morgan fingerprint density at radius 1 is 1.33 bits per heavy atom. The molecular weight excluding hydrogens is 325 g/mol. The predicted octanol–water partition coefficient (Wildman–Crippen LogP) is 2.52. The Labute approximate surface area is 136 Å². The van der Waals surface area contributed by atoms with Crippen LogP contribution in [-0.4, -0.2) is 42.6 Å². The lowest BCUT2D eigenvalue weighted by atomic mass is 10.0. The molecule has 1 N–H and O–H groups in total. The van der Waals surface area contributed by atoms with Gasteiger partial charge in [0, 0.05) is 24.9 Å². The van der Waals surface area contributed by atoms with Crippen LogP contribution in [0.3, 0.4) is 0 Å². The van der Waals surface area contributed by atoms with Crippen LogP contribution in [0.4, 0.5) is 18.0 Å². The second kappa shape index (κ2) is 6.33. The molecule has 0 bridgehead atoms. The highest BCUT2D eigenvalue weighted by molar-refractivity contribution is 5.78. The fourth-order valence-corrected chi connectivity index (χ4v) is 2.92. The van der Waals surface area contributed by atoms with E-state index < -0.39 is 17.8 Å². The van der Waals surface area contributed by atoms with E-state index in [1.807, 2.05) is 0 Å². The Morgan fingerprint density at radius 2 is 2.08 bits per heavy atom. The number of alkyl halides is 3. The second-order valence-corrected chi connectivity index (χ2v) is 5.95. The van der Waals surface area contributed by atoms with E-state index in [1.165, 1.54) is 17.0 Å². The van der Waals surface area contributed by atoms with Crippen LogP contribution in [0.15, 0.2) is 24.3 Å². The number of cyclic esters (lactones) is 1. The summed E-state index contributed by atoms with van der Waals surface area (Å²) >= 11 is 0. The highest BCUT2D eigenvalue weighted by Crippen LogP contribution is 2.46. The van der Waals surface area contributed by atoms with E-state index in [0.717, 1.165) is 6.07 Å². The van der Waals surface area contributed by atoms with E-state index in [1.54, 1.807) is 6.07 Å². The van der Waals surface area contributed by atoms with Crippen LogP contribution in [0.5, 0.6) is 0 Å². The summed E-state index contributed by atoms with van der Waals surface area (Å²) in [6.07, 6.45) is -4.24. The van der Waals surface area contributed by atoms with E-state index in [-0.39, 0.29) is 36.4 Å². The van der Waals surface area contributed by atoms with Crippen molar-refractivity contribution >= 4 is 12.0 Å². The smallest absolute Gasteiger partial charge is 0.416 e. The van der Waals surface area contributed by atoms with Gasteiger partial charge in [-0.25, -0.2) is 4.79 Å². The molecule has 8 heteroatoms. The Morgan fingerprint density at radius 3 is 2.75 bits per heavy atom. The molecule has 5 nitrogen and oxygen atoms in total.